The highest BCUT2D eigenvalue weighted by Crippen LogP contribution is 2.43. The summed E-state index contributed by atoms with van der Waals surface area (Å²) < 4.78 is 16.5. The average molecular weight is 626 g/mol. The van der Waals surface area contributed by atoms with Gasteiger partial charge in [-0.2, -0.15) is 0 Å². The number of benzene rings is 3. The second kappa shape index (κ2) is 13.6. The van der Waals surface area contributed by atoms with Gasteiger partial charge in [0, 0.05) is 56.6 Å². The van der Waals surface area contributed by atoms with Gasteiger partial charge in [0.05, 0.1) is 0 Å². The Morgan fingerprint density at radius 1 is 0.953 bits per heavy atom. The van der Waals surface area contributed by atoms with Crippen molar-refractivity contribution in [3.63, 3.8) is 0 Å². The third kappa shape index (κ3) is 7.65. The molecule has 9 heteroatoms. The number of carbonyl (C=O) groups is 1. The van der Waals surface area contributed by atoms with Gasteiger partial charge in [-0.05, 0) is 72.2 Å². The van der Waals surface area contributed by atoms with Crippen LogP contribution in [0.5, 0.6) is 17.2 Å². The van der Waals surface area contributed by atoms with Crippen LogP contribution in [-0.2, 0) is 4.74 Å². The van der Waals surface area contributed by atoms with Crippen molar-refractivity contribution in [1.29, 1.82) is 0 Å². The van der Waals surface area contributed by atoms with E-state index in [0.29, 0.717) is 11.5 Å². The summed E-state index contributed by atoms with van der Waals surface area (Å²) in [5.41, 5.74) is 5.49. The van der Waals surface area contributed by atoms with Gasteiger partial charge in [-0.25, -0.2) is 4.79 Å². The van der Waals surface area contributed by atoms with Crippen LogP contribution in [0.4, 0.5) is 5.69 Å². The van der Waals surface area contributed by atoms with Crippen LogP contribution in [0.2, 0.25) is 10.0 Å². The molecule has 3 aromatic carbocycles. The molecule has 1 aliphatic heterocycles. The fourth-order valence-electron chi connectivity index (χ4n) is 5.79. The maximum atomic E-state index is 12.0. The van der Waals surface area contributed by atoms with Crippen LogP contribution in [0, 0.1) is 5.41 Å². The summed E-state index contributed by atoms with van der Waals surface area (Å²) in [5.74, 6) is -0.156. The summed E-state index contributed by atoms with van der Waals surface area (Å²) in [4.78, 5) is 16.8. The molecule has 7 nitrogen and oxygen atoms in total. The van der Waals surface area contributed by atoms with Crippen LogP contribution in [0.25, 0.3) is 5.57 Å². The number of carboxylic acids is 1. The zero-order valence-corrected chi connectivity index (χ0v) is 26.4. The average Bonchev–Trinajstić information content (AvgIpc) is 2.99. The lowest BCUT2D eigenvalue weighted by Crippen LogP contribution is -2.47. The lowest BCUT2D eigenvalue weighted by molar-refractivity contribution is 0.0511. The van der Waals surface area contributed by atoms with Crippen molar-refractivity contribution in [2.75, 3.05) is 51.5 Å². The molecule has 3 aromatic rings. The molecule has 0 aromatic heterocycles. The molecule has 0 amide bonds. The zero-order chi connectivity index (χ0) is 30.6. The number of ether oxygens (including phenoxy) is 3. The number of halogens is 2. The predicted octanol–water partition coefficient (Wildman–Crippen LogP) is 8.25. The summed E-state index contributed by atoms with van der Waals surface area (Å²) in [6.07, 6.45) is 3.35. The maximum Gasteiger partial charge on any atom is 0.339 e. The minimum Gasteiger partial charge on any atom is -0.478 e. The molecule has 0 unspecified atom stereocenters. The number of allylic oxidation sites excluding steroid dienone is 1. The summed E-state index contributed by atoms with van der Waals surface area (Å²) in [6, 6.07) is 18.6. The molecule has 0 atom stereocenters. The Hall–Kier alpha value is -3.23. The second-order valence-electron chi connectivity index (χ2n) is 11.9. The Morgan fingerprint density at radius 2 is 1.67 bits per heavy atom. The number of piperazine rings is 1. The van der Waals surface area contributed by atoms with Crippen molar-refractivity contribution in [2.45, 2.75) is 33.1 Å². The normalized spacial score (nSPS) is 17.2. The van der Waals surface area contributed by atoms with Gasteiger partial charge in [0.1, 0.15) is 27.8 Å². The van der Waals surface area contributed by atoms with Crippen molar-refractivity contribution in [3.05, 3.63) is 87.4 Å². The molecule has 0 spiro atoms. The summed E-state index contributed by atoms with van der Waals surface area (Å²) in [5, 5.41) is 10.8. The molecule has 1 heterocycles. The first-order valence-electron chi connectivity index (χ1n) is 14.5. The molecule has 228 valence electrons. The first kappa shape index (κ1) is 31.2. The van der Waals surface area contributed by atoms with E-state index >= 15 is 0 Å². The van der Waals surface area contributed by atoms with Crippen molar-refractivity contribution < 1.29 is 24.1 Å². The Balaban J connectivity index is 1.30. The van der Waals surface area contributed by atoms with E-state index in [1.165, 1.54) is 30.2 Å². The van der Waals surface area contributed by atoms with Gasteiger partial charge >= 0.3 is 5.97 Å². The Bertz CT molecular complexity index is 1480. The van der Waals surface area contributed by atoms with Crippen LogP contribution in [-0.4, -0.2) is 62.6 Å². The monoisotopic (exact) mass is 624 g/mol. The second-order valence-corrected chi connectivity index (χ2v) is 12.7. The predicted molar refractivity (Wildman–Crippen MR) is 172 cm³/mol. The molecule has 1 aliphatic carbocycles. The van der Waals surface area contributed by atoms with E-state index in [9.17, 15) is 9.90 Å². The van der Waals surface area contributed by atoms with E-state index in [1.807, 2.05) is 18.2 Å². The number of hydrogen-bond acceptors (Lipinski definition) is 6. The van der Waals surface area contributed by atoms with Gasteiger partial charge in [0.15, 0.2) is 6.79 Å². The first-order valence-corrected chi connectivity index (χ1v) is 15.3. The largest absolute Gasteiger partial charge is 0.478 e. The van der Waals surface area contributed by atoms with Crippen LogP contribution in [0.15, 0.2) is 66.2 Å². The topological polar surface area (TPSA) is 71.5 Å². The minimum atomic E-state index is -1.07. The minimum absolute atomic E-state index is 0.0305. The van der Waals surface area contributed by atoms with Gasteiger partial charge in [0.2, 0.25) is 0 Å². The quantitative estimate of drug-likeness (QED) is 0.228. The first-order chi connectivity index (χ1) is 20.6. The molecule has 43 heavy (non-hydrogen) atoms. The van der Waals surface area contributed by atoms with Gasteiger partial charge in [0.25, 0.3) is 0 Å². The molecular formula is C34H38Cl2N2O5. The van der Waals surface area contributed by atoms with Crippen LogP contribution in [0.3, 0.4) is 0 Å². The number of anilines is 1. The summed E-state index contributed by atoms with van der Waals surface area (Å²) in [6.45, 7) is 9.14. The van der Waals surface area contributed by atoms with E-state index in [1.54, 1.807) is 30.3 Å². The van der Waals surface area contributed by atoms with Gasteiger partial charge < -0.3 is 24.2 Å². The lowest BCUT2D eigenvalue weighted by Gasteiger charge is -2.39. The van der Waals surface area contributed by atoms with Crippen molar-refractivity contribution in [2.24, 2.45) is 5.41 Å². The summed E-state index contributed by atoms with van der Waals surface area (Å²) >= 11 is 12.7. The SMILES string of the molecule is COCOc1cccc(Oc2cc(N3CCN(CC4=C(c5ccc(Cl)cc5)CC(C)(C)CC4)CC3)ccc2C(=O)O)c1Cl. The van der Waals surface area contributed by atoms with Gasteiger partial charge in [-0.15, -0.1) is 0 Å². The Kier molecular flexibility index (Phi) is 9.87. The van der Waals surface area contributed by atoms with Crippen molar-refractivity contribution in [3.8, 4) is 17.2 Å². The number of methoxy groups -OCH3 is 1. The van der Waals surface area contributed by atoms with Crippen LogP contribution < -0.4 is 14.4 Å². The van der Waals surface area contributed by atoms with E-state index in [4.69, 9.17) is 37.4 Å². The van der Waals surface area contributed by atoms with Crippen molar-refractivity contribution >= 4 is 40.4 Å². The number of rotatable bonds is 10. The van der Waals surface area contributed by atoms with E-state index in [2.05, 4.69) is 35.8 Å². The highest BCUT2D eigenvalue weighted by atomic mass is 35.5. The van der Waals surface area contributed by atoms with Crippen LogP contribution >= 0.6 is 23.2 Å². The number of aromatic carboxylic acids is 1. The van der Waals surface area contributed by atoms with E-state index in [0.717, 1.165) is 56.3 Å². The maximum absolute atomic E-state index is 12.0. The zero-order valence-electron chi connectivity index (χ0n) is 24.9. The number of carboxylic acid groups (broad SMARTS) is 1. The third-order valence-electron chi connectivity index (χ3n) is 8.21. The molecule has 5 rings (SSSR count). The fraction of sp³-hybridized carbons (Fsp3) is 0.382. The smallest absolute Gasteiger partial charge is 0.339 e. The summed E-state index contributed by atoms with van der Waals surface area (Å²) in [7, 11) is 1.52. The molecule has 0 saturated carbocycles. The van der Waals surface area contributed by atoms with Gasteiger partial charge in [-0.1, -0.05) is 60.8 Å². The van der Waals surface area contributed by atoms with Gasteiger partial charge in [-0.3, -0.25) is 4.90 Å². The number of hydrogen-bond donors (Lipinski definition) is 1. The Labute approximate surface area is 263 Å². The molecule has 0 radical (unpaired) electrons. The standard InChI is InChI=1S/C34H38Cl2N2O5/c1-34(2)14-13-24(28(20-34)23-7-9-25(35)10-8-23)21-37-15-17-38(18-16-37)26-11-12-27(33(39)40)31(19-26)43-30-6-4-5-29(32(30)36)42-22-41-3/h4-12,19H,13-18,20-22H2,1-3H3,(H,39,40). The highest BCUT2D eigenvalue weighted by Gasteiger charge is 2.29. The molecule has 0 bridgehead atoms. The fourth-order valence-corrected chi connectivity index (χ4v) is 6.13. The van der Waals surface area contributed by atoms with Crippen molar-refractivity contribution in [1.82, 2.24) is 4.90 Å². The molecule has 1 N–H and O–H groups in total. The molecule has 1 saturated heterocycles. The molecule has 2 aliphatic rings. The van der Waals surface area contributed by atoms with E-state index in [-0.39, 0.29) is 28.5 Å². The van der Waals surface area contributed by atoms with E-state index < -0.39 is 5.97 Å². The number of nitrogens with zero attached hydrogens (tertiary/aromatic N) is 2. The third-order valence-corrected chi connectivity index (χ3v) is 8.83. The molecule has 1 fully saturated rings. The Morgan fingerprint density at radius 3 is 2.37 bits per heavy atom. The lowest BCUT2D eigenvalue weighted by atomic mass is 9.72. The van der Waals surface area contributed by atoms with Crippen LogP contribution in [0.1, 0.15) is 49.0 Å². The highest BCUT2D eigenvalue weighted by molar-refractivity contribution is 6.33. The molecular weight excluding hydrogens is 587 g/mol.